The average molecular weight is 463 g/mol. The van der Waals surface area contributed by atoms with Crippen LogP contribution in [0.3, 0.4) is 0 Å². The molecular formula is C26H34N6O2. The highest BCUT2D eigenvalue weighted by Gasteiger charge is 2.23. The van der Waals surface area contributed by atoms with Crippen molar-refractivity contribution in [2.75, 3.05) is 55.7 Å². The quantitative estimate of drug-likeness (QED) is 0.536. The smallest absolute Gasteiger partial charge is 0.182 e. The first-order chi connectivity index (χ1) is 16.7. The highest BCUT2D eigenvalue weighted by Crippen LogP contribution is 2.28. The molecule has 1 aromatic carbocycles. The van der Waals surface area contributed by atoms with E-state index in [0.29, 0.717) is 12.2 Å². The summed E-state index contributed by atoms with van der Waals surface area (Å²) in [5, 5.41) is 21.8. The number of nitrogens with zero attached hydrogens (tertiary/aromatic N) is 6. The van der Waals surface area contributed by atoms with Crippen LogP contribution in [-0.4, -0.2) is 71.1 Å². The van der Waals surface area contributed by atoms with Crippen molar-refractivity contribution in [3.05, 3.63) is 53.9 Å². The molecule has 3 aromatic rings. The first-order valence-electron chi connectivity index (χ1n) is 12.4. The molecule has 1 unspecified atom stereocenters. The largest absolute Gasteiger partial charge is 0.364 e. The predicted molar refractivity (Wildman–Crippen MR) is 134 cm³/mol. The van der Waals surface area contributed by atoms with E-state index in [1.165, 1.54) is 30.0 Å². The van der Waals surface area contributed by atoms with Gasteiger partial charge >= 0.3 is 0 Å². The normalized spacial score (nSPS) is 18.4. The van der Waals surface area contributed by atoms with E-state index in [1.807, 2.05) is 19.1 Å². The van der Waals surface area contributed by atoms with Crippen LogP contribution in [0.1, 0.15) is 43.7 Å². The van der Waals surface area contributed by atoms with Crippen LogP contribution in [0.2, 0.25) is 0 Å². The summed E-state index contributed by atoms with van der Waals surface area (Å²) >= 11 is 0. The molecule has 8 nitrogen and oxygen atoms in total. The van der Waals surface area contributed by atoms with Crippen molar-refractivity contribution in [2.24, 2.45) is 0 Å². The number of hydrogen-bond donors (Lipinski definition) is 1. The monoisotopic (exact) mass is 462 g/mol. The number of hydrogen-bond acceptors (Lipinski definition) is 8. The lowest BCUT2D eigenvalue weighted by atomic mass is 10.1. The van der Waals surface area contributed by atoms with Gasteiger partial charge in [0.25, 0.3) is 0 Å². The van der Waals surface area contributed by atoms with E-state index in [1.54, 1.807) is 6.20 Å². The summed E-state index contributed by atoms with van der Waals surface area (Å²) in [6.45, 7) is 8.92. The van der Waals surface area contributed by atoms with Crippen molar-refractivity contribution in [1.29, 1.82) is 0 Å². The van der Waals surface area contributed by atoms with Gasteiger partial charge < -0.3 is 19.6 Å². The highest BCUT2D eigenvalue weighted by molar-refractivity contribution is 5.93. The average Bonchev–Trinajstić information content (AvgIpc) is 2.90. The molecule has 2 aliphatic heterocycles. The van der Waals surface area contributed by atoms with E-state index >= 15 is 0 Å². The standard InChI is InChI=1S/C26H34N6O2/c1-2-34-26(33)20-10-11-24(27-18-20)31-14-16-32(17-15-31)25-22-9-5-4-8-21(22)23(28-29-25)19-30-12-6-3-7-13-30/h4-5,8-11,18,26,33H,2-3,6-7,12-17,19H2,1H3. The number of piperazine rings is 1. The highest BCUT2D eigenvalue weighted by atomic mass is 16.6. The van der Waals surface area contributed by atoms with Gasteiger partial charge in [-0.2, -0.15) is 5.10 Å². The van der Waals surface area contributed by atoms with E-state index < -0.39 is 6.29 Å². The fourth-order valence-corrected chi connectivity index (χ4v) is 4.96. The van der Waals surface area contributed by atoms with Crippen molar-refractivity contribution < 1.29 is 9.84 Å². The Labute approximate surface area is 201 Å². The summed E-state index contributed by atoms with van der Waals surface area (Å²) < 4.78 is 5.24. The minimum atomic E-state index is -0.923. The molecule has 4 heterocycles. The molecule has 0 aliphatic carbocycles. The maximum Gasteiger partial charge on any atom is 0.182 e. The van der Waals surface area contributed by atoms with Gasteiger partial charge in [-0.25, -0.2) is 4.98 Å². The number of piperidine rings is 1. The second-order valence-corrected chi connectivity index (χ2v) is 9.08. The molecule has 2 aromatic heterocycles. The fourth-order valence-electron chi connectivity index (χ4n) is 4.96. The topological polar surface area (TPSA) is 77.9 Å². The Bertz CT molecular complexity index is 1080. The second-order valence-electron chi connectivity index (χ2n) is 9.08. The van der Waals surface area contributed by atoms with E-state index in [0.717, 1.165) is 63.1 Å². The first kappa shape index (κ1) is 23.0. The Balaban J connectivity index is 1.28. The van der Waals surface area contributed by atoms with Gasteiger partial charge in [0, 0.05) is 61.9 Å². The van der Waals surface area contributed by atoms with Gasteiger partial charge in [0.1, 0.15) is 5.82 Å². The van der Waals surface area contributed by atoms with Gasteiger partial charge in [0.2, 0.25) is 0 Å². The van der Waals surface area contributed by atoms with Gasteiger partial charge in [-0.05, 0) is 45.0 Å². The number of pyridine rings is 1. The van der Waals surface area contributed by atoms with Gasteiger partial charge in [0.05, 0.1) is 5.69 Å². The summed E-state index contributed by atoms with van der Waals surface area (Å²) in [6.07, 6.45) is 4.66. The summed E-state index contributed by atoms with van der Waals surface area (Å²) in [6, 6.07) is 12.4. The Morgan fingerprint density at radius 2 is 1.62 bits per heavy atom. The first-order valence-corrected chi connectivity index (χ1v) is 12.4. The number of fused-ring (bicyclic) bond motifs is 1. The number of anilines is 2. The number of aliphatic hydroxyl groups is 1. The fraction of sp³-hybridized carbons (Fsp3) is 0.500. The SMILES string of the molecule is CCOC(O)c1ccc(N2CCN(c3nnc(CN4CCCCC4)c4ccccc34)CC2)nc1. The van der Waals surface area contributed by atoms with Crippen LogP contribution in [0.15, 0.2) is 42.6 Å². The minimum absolute atomic E-state index is 0.460. The molecule has 0 amide bonds. The van der Waals surface area contributed by atoms with E-state index in [2.05, 4.69) is 43.9 Å². The molecule has 2 fully saturated rings. The third kappa shape index (κ3) is 4.99. The van der Waals surface area contributed by atoms with Crippen molar-refractivity contribution in [1.82, 2.24) is 20.1 Å². The maximum atomic E-state index is 9.98. The number of aliphatic hydroxyl groups excluding tert-OH is 1. The van der Waals surface area contributed by atoms with E-state index in [-0.39, 0.29) is 0 Å². The Morgan fingerprint density at radius 1 is 0.882 bits per heavy atom. The molecule has 0 saturated carbocycles. The zero-order chi connectivity index (χ0) is 23.3. The molecule has 2 saturated heterocycles. The lowest BCUT2D eigenvalue weighted by Crippen LogP contribution is -2.47. The van der Waals surface area contributed by atoms with E-state index in [4.69, 9.17) is 14.9 Å². The van der Waals surface area contributed by atoms with Crippen molar-refractivity contribution in [3.8, 4) is 0 Å². The number of ether oxygens (including phenoxy) is 1. The second kappa shape index (κ2) is 10.6. The molecule has 0 spiro atoms. The Hall–Kier alpha value is -2.81. The molecule has 8 heteroatoms. The molecule has 0 bridgehead atoms. The van der Waals surface area contributed by atoms with Crippen LogP contribution in [0.5, 0.6) is 0 Å². The molecule has 1 N–H and O–H groups in total. The van der Waals surface area contributed by atoms with Crippen LogP contribution >= 0.6 is 0 Å². The molecule has 0 radical (unpaired) electrons. The van der Waals surface area contributed by atoms with Gasteiger partial charge in [0.15, 0.2) is 12.1 Å². The summed E-state index contributed by atoms with van der Waals surface area (Å²) in [4.78, 5) is 11.7. The third-order valence-electron chi connectivity index (χ3n) is 6.85. The van der Waals surface area contributed by atoms with Crippen molar-refractivity contribution >= 4 is 22.4 Å². The molecule has 5 rings (SSSR count). The number of aromatic nitrogens is 3. The van der Waals surface area contributed by atoms with Crippen LogP contribution < -0.4 is 9.80 Å². The van der Waals surface area contributed by atoms with Crippen LogP contribution in [-0.2, 0) is 11.3 Å². The van der Waals surface area contributed by atoms with Gasteiger partial charge in [-0.15, -0.1) is 5.10 Å². The summed E-state index contributed by atoms with van der Waals surface area (Å²) in [5.74, 6) is 1.89. The van der Waals surface area contributed by atoms with Gasteiger partial charge in [-0.3, -0.25) is 4.90 Å². The van der Waals surface area contributed by atoms with Crippen molar-refractivity contribution in [3.63, 3.8) is 0 Å². The minimum Gasteiger partial charge on any atom is -0.364 e. The van der Waals surface area contributed by atoms with Crippen LogP contribution in [0, 0.1) is 0 Å². The molecule has 34 heavy (non-hydrogen) atoms. The molecule has 1 atom stereocenters. The van der Waals surface area contributed by atoms with E-state index in [9.17, 15) is 5.11 Å². The zero-order valence-corrected chi connectivity index (χ0v) is 19.9. The maximum absolute atomic E-state index is 9.98. The third-order valence-corrected chi connectivity index (χ3v) is 6.85. The Kier molecular flexibility index (Phi) is 7.18. The summed E-state index contributed by atoms with van der Waals surface area (Å²) in [5.41, 5.74) is 1.76. The lowest BCUT2D eigenvalue weighted by Gasteiger charge is -2.36. The number of likely N-dealkylation sites (tertiary alicyclic amines) is 1. The molecule has 2 aliphatic rings. The lowest BCUT2D eigenvalue weighted by molar-refractivity contribution is -0.0981. The van der Waals surface area contributed by atoms with Crippen LogP contribution in [0.4, 0.5) is 11.6 Å². The zero-order valence-electron chi connectivity index (χ0n) is 19.9. The van der Waals surface area contributed by atoms with Crippen LogP contribution in [0.25, 0.3) is 10.8 Å². The number of benzene rings is 1. The Morgan fingerprint density at radius 3 is 2.32 bits per heavy atom. The number of rotatable bonds is 7. The molecule has 180 valence electrons. The summed E-state index contributed by atoms with van der Waals surface area (Å²) in [7, 11) is 0. The van der Waals surface area contributed by atoms with Gasteiger partial charge in [-0.1, -0.05) is 30.7 Å². The predicted octanol–water partition coefficient (Wildman–Crippen LogP) is 3.36. The molecular weight excluding hydrogens is 428 g/mol. The van der Waals surface area contributed by atoms with Crippen molar-refractivity contribution in [2.45, 2.75) is 39.0 Å².